The molecule has 13 nitrogen and oxygen atoms in total. The fraction of sp³-hybridized carbons (Fsp3) is 0.320. The van der Waals surface area contributed by atoms with Gasteiger partial charge in [-0.1, -0.05) is 16.4 Å². The first-order valence-corrected chi connectivity index (χ1v) is 12.0. The molecule has 14 heteroatoms. The minimum atomic E-state index is -1.08. The molecule has 0 radical (unpaired) electrons. The Hall–Kier alpha value is -4.88. The van der Waals surface area contributed by atoms with Crippen molar-refractivity contribution in [2.24, 2.45) is 5.16 Å². The minimum absolute atomic E-state index is 0.0626. The first-order valence-electron chi connectivity index (χ1n) is 12.0. The van der Waals surface area contributed by atoms with E-state index in [9.17, 15) is 14.4 Å². The Labute approximate surface area is 220 Å². The number of carbonyl (C=O) groups is 3. The summed E-state index contributed by atoms with van der Waals surface area (Å²) in [6.07, 6.45) is 3.01. The van der Waals surface area contributed by atoms with Gasteiger partial charge in [-0.2, -0.15) is 0 Å². The number of anilines is 1. The average molecular weight is 538 g/mol. The van der Waals surface area contributed by atoms with Crippen LogP contribution in [0.15, 0.2) is 54.1 Å². The number of carbonyl (C=O) groups excluding carboxylic acids is 2. The molecule has 0 unspecified atom stereocenters. The second-order valence-electron chi connectivity index (χ2n) is 8.88. The molecule has 5 rings (SSSR count). The average Bonchev–Trinajstić information content (AvgIpc) is 3.68. The first kappa shape index (κ1) is 25.8. The van der Waals surface area contributed by atoms with Crippen LogP contribution in [0.3, 0.4) is 0 Å². The van der Waals surface area contributed by atoms with Crippen molar-refractivity contribution in [1.82, 2.24) is 20.0 Å². The zero-order valence-electron chi connectivity index (χ0n) is 20.5. The van der Waals surface area contributed by atoms with Gasteiger partial charge >= 0.3 is 18.0 Å². The highest BCUT2D eigenvalue weighted by atomic mass is 19.1. The maximum atomic E-state index is 15.1. The van der Waals surface area contributed by atoms with E-state index >= 15 is 4.39 Å². The highest BCUT2D eigenvalue weighted by molar-refractivity contribution is 5.99. The van der Waals surface area contributed by atoms with Gasteiger partial charge in [-0.25, -0.2) is 13.9 Å². The highest BCUT2D eigenvalue weighted by Gasteiger charge is 2.33. The predicted molar refractivity (Wildman–Crippen MR) is 131 cm³/mol. The second-order valence-corrected chi connectivity index (χ2v) is 8.88. The van der Waals surface area contributed by atoms with Gasteiger partial charge < -0.3 is 19.4 Å². The zero-order valence-corrected chi connectivity index (χ0v) is 20.5. The Morgan fingerprint density at radius 2 is 2.05 bits per heavy atom. The van der Waals surface area contributed by atoms with E-state index in [2.05, 4.69) is 20.5 Å². The molecule has 0 spiro atoms. The number of hydrogen-bond donors (Lipinski definition) is 1. The molecule has 2 aliphatic rings. The summed E-state index contributed by atoms with van der Waals surface area (Å²) in [5, 5.41) is 20.2. The van der Waals surface area contributed by atoms with Gasteiger partial charge in [0.05, 0.1) is 43.5 Å². The number of cyclic esters (lactones) is 1. The van der Waals surface area contributed by atoms with Gasteiger partial charge in [-0.3, -0.25) is 19.5 Å². The fourth-order valence-electron chi connectivity index (χ4n) is 4.13. The van der Waals surface area contributed by atoms with Crippen LogP contribution in [0.2, 0.25) is 0 Å². The lowest BCUT2D eigenvalue weighted by molar-refractivity contribution is -0.150. The number of carboxylic acids is 1. The second kappa shape index (κ2) is 11.2. The molecular formula is C25H23FN6O7. The third-order valence-electron chi connectivity index (χ3n) is 6.08. The molecule has 1 N–H and O–H groups in total. The molecule has 2 atom stereocenters. The Morgan fingerprint density at radius 1 is 1.18 bits per heavy atom. The van der Waals surface area contributed by atoms with E-state index in [1.165, 1.54) is 23.4 Å². The van der Waals surface area contributed by atoms with Crippen molar-refractivity contribution in [2.45, 2.75) is 38.0 Å². The Morgan fingerprint density at radius 3 is 2.77 bits per heavy atom. The van der Waals surface area contributed by atoms with E-state index in [-0.39, 0.29) is 26.0 Å². The largest absolute Gasteiger partial charge is 0.481 e. The topological polar surface area (TPSA) is 158 Å². The smallest absolute Gasteiger partial charge is 0.414 e. The van der Waals surface area contributed by atoms with Gasteiger partial charge in [-0.05, 0) is 24.3 Å². The molecule has 2 aliphatic heterocycles. The van der Waals surface area contributed by atoms with Crippen LogP contribution in [0, 0.1) is 5.82 Å². The number of hydrogen-bond acceptors (Lipinski definition) is 10. The maximum absolute atomic E-state index is 15.1. The summed E-state index contributed by atoms with van der Waals surface area (Å²) < 4.78 is 27.0. The van der Waals surface area contributed by atoms with Crippen LogP contribution in [0.4, 0.5) is 14.9 Å². The quantitative estimate of drug-likeness (QED) is 0.380. The van der Waals surface area contributed by atoms with Crippen LogP contribution in [0.1, 0.15) is 25.0 Å². The number of rotatable bonds is 10. The normalized spacial score (nSPS) is 18.4. The molecule has 2 aromatic heterocycles. The number of ether oxygens (including phenoxy) is 2. The van der Waals surface area contributed by atoms with Crippen molar-refractivity contribution in [1.29, 1.82) is 0 Å². The fourth-order valence-corrected chi connectivity index (χ4v) is 4.13. The van der Waals surface area contributed by atoms with E-state index in [0.29, 0.717) is 41.2 Å². The van der Waals surface area contributed by atoms with Crippen molar-refractivity contribution < 1.29 is 38.2 Å². The number of oxime groups is 1. The van der Waals surface area contributed by atoms with Crippen molar-refractivity contribution in [3.8, 4) is 11.1 Å². The zero-order chi connectivity index (χ0) is 27.4. The van der Waals surface area contributed by atoms with Crippen LogP contribution in [0.25, 0.3) is 11.1 Å². The van der Waals surface area contributed by atoms with E-state index in [4.69, 9.17) is 19.4 Å². The molecule has 0 aliphatic carbocycles. The molecule has 202 valence electrons. The van der Waals surface area contributed by atoms with E-state index in [1.807, 2.05) is 0 Å². The summed E-state index contributed by atoms with van der Waals surface area (Å²) in [5.74, 6) is -2.23. The van der Waals surface area contributed by atoms with Crippen molar-refractivity contribution >= 4 is 29.4 Å². The van der Waals surface area contributed by atoms with Gasteiger partial charge in [-0.15, -0.1) is 5.10 Å². The summed E-state index contributed by atoms with van der Waals surface area (Å²) in [7, 11) is 0. The number of halogens is 1. The molecule has 3 aromatic rings. The Kier molecular flexibility index (Phi) is 7.43. The van der Waals surface area contributed by atoms with Crippen LogP contribution < -0.4 is 4.90 Å². The number of amides is 1. The van der Waals surface area contributed by atoms with Gasteiger partial charge in [0.1, 0.15) is 24.2 Å². The van der Waals surface area contributed by atoms with Crippen LogP contribution in [-0.4, -0.2) is 74.2 Å². The number of nitrogens with zero attached hydrogens (tertiary/aromatic N) is 6. The minimum Gasteiger partial charge on any atom is -0.481 e. The number of aliphatic carboxylic acids is 1. The van der Waals surface area contributed by atoms with E-state index in [0.717, 1.165) is 0 Å². The van der Waals surface area contributed by atoms with E-state index in [1.54, 1.807) is 35.1 Å². The number of aromatic nitrogens is 4. The lowest BCUT2D eigenvalue weighted by Gasteiger charge is -2.14. The molecule has 1 fully saturated rings. The molecule has 1 saturated heterocycles. The summed E-state index contributed by atoms with van der Waals surface area (Å²) in [4.78, 5) is 45.5. The molecule has 4 heterocycles. The third kappa shape index (κ3) is 6.17. The summed E-state index contributed by atoms with van der Waals surface area (Å²) in [5.41, 5.74) is 2.27. The number of carboxylic acid groups (broad SMARTS) is 1. The predicted octanol–water partition coefficient (Wildman–Crippen LogP) is 2.41. The summed E-state index contributed by atoms with van der Waals surface area (Å²) >= 11 is 0. The SMILES string of the molecule is O=C(O)CCC(=O)OC[C@@H]1CC(c2ccc(-c3ccc(N4C[C@H](Cn5ccnn5)OC4=O)cc3F)cn2)=NO1. The first-order chi connectivity index (χ1) is 18.9. The molecule has 1 amide bonds. The standard InChI is InChI=1S/C25H23FN6O7/c26-20-9-16(32-13-18(38-25(32)36)12-31-8-7-28-30-31)2-3-19(20)15-1-4-21(27-11-15)22-10-17(39-29-22)14-37-24(35)6-5-23(33)34/h1-4,7-9,11,17-18H,5-6,10,12-14H2,(H,33,34)/t17-,18-/m0/s1. The van der Waals surface area contributed by atoms with Gasteiger partial charge in [0, 0.05) is 29.9 Å². The molecule has 39 heavy (non-hydrogen) atoms. The van der Waals surface area contributed by atoms with Gasteiger partial charge in [0.15, 0.2) is 6.10 Å². The van der Waals surface area contributed by atoms with Gasteiger partial charge in [0.25, 0.3) is 0 Å². The number of esters is 1. The molecule has 1 aromatic carbocycles. The lowest BCUT2D eigenvalue weighted by Crippen LogP contribution is -2.26. The van der Waals surface area contributed by atoms with Crippen LogP contribution in [0.5, 0.6) is 0 Å². The highest BCUT2D eigenvalue weighted by Crippen LogP contribution is 2.29. The molecule has 0 saturated carbocycles. The van der Waals surface area contributed by atoms with Gasteiger partial charge in [0.2, 0.25) is 0 Å². The number of benzene rings is 1. The van der Waals surface area contributed by atoms with Crippen LogP contribution in [-0.2, 0) is 30.4 Å². The lowest BCUT2D eigenvalue weighted by atomic mass is 10.0. The Bertz CT molecular complexity index is 1400. The van der Waals surface area contributed by atoms with Crippen molar-refractivity contribution in [3.05, 3.63) is 60.4 Å². The van der Waals surface area contributed by atoms with Crippen molar-refractivity contribution in [2.75, 3.05) is 18.1 Å². The van der Waals surface area contributed by atoms with Crippen LogP contribution >= 0.6 is 0 Å². The Balaban J connectivity index is 1.17. The molecular weight excluding hydrogens is 515 g/mol. The number of pyridine rings is 1. The van der Waals surface area contributed by atoms with Crippen molar-refractivity contribution in [3.63, 3.8) is 0 Å². The monoisotopic (exact) mass is 538 g/mol. The summed E-state index contributed by atoms with van der Waals surface area (Å²) in [6.45, 7) is 0.531. The molecule has 0 bridgehead atoms. The maximum Gasteiger partial charge on any atom is 0.414 e. The summed E-state index contributed by atoms with van der Waals surface area (Å²) in [6, 6.07) is 7.87. The van der Waals surface area contributed by atoms with E-state index < -0.39 is 36.1 Å². The third-order valence-corrected chi connectivity index (χ3v) is 6.08.